The Morgan fingerprint density at radius 1 is 1.57 bits per heavy atom. The first-order chi connectivity index (χ1) is 11.1. The van der Waals surface area contributed by atoms with Gasteiger partial charge in [-0.25, -0.2) is 4.98 Å². The Morgan fingerprint density at radius 3 is 3.17 bits per heavy atom. The normalized spacial score (nSPS) is 17.9. The lowest BCUT2D eigenvalue weighted by molar-refractivity contribution is -0.128. The molecule has 2 aromatic rings. The Morgan fingerprint density at radius 2 is 2.43 bits per heavy atom. The fourth-order valence-corrected chi connectivity index (χ4v) is 3.61. The molecule has 0 spiro atoms. The van der Waals surface area contributed by atoms with Crippen molar-refractivity contribution < 1.29 is 9.53 Å². The number of aromatic nitrogens is 1. The highest BCUT2D eigenvalue weighted by Crippen LogP contribution is 2.26. The van der Waals surface area contributed by atoms with Crippen LogP contribution in [-0.4, -0.2) is 36.7 Å². The molecule has 0 radical (unpaired) electrons. The van der Waals surface area contributed by atoms with Gasteiger partial charge >= 0.3 is 0 Å². The van der Waals surface area contributed by atoms with E-state index in [0.717, 1.165) is 34.1 Å². The van der Waals surface area contributed by atoms with Crippen molar-refractivity contribution in [1.29, 1.82) is 0 Å². The summed E-state index contributed by atoms with van der Waals surface area (Å²) in [5, 5.41) is 7.32. The zero-order valence-electron chi connectivity index (χ0n) is 12.8. The number of halogens is 1. The van der Waals surface area contributed by atoms with Gasteiger partial charge in [0.1, 0.15) is 6.10 Å². The summed E-state index contributed by atoms with van der Waals surface area (Å²) >= 11 is 7.51. The van der Waals surface area contributed by atoms with E-state index >= 15 is 0 Å². The number of hydrogen-bond donors (Lipinski definition) is 2. The molecule has 0 bridgehead atoms. The van der Waals surface area contributed by atoms with Crippen molar-refractivity contribution in [2.24, 2.45) is 0 Å². The predicted octanol–water partition coefficient (Wildman–Crippen LogP) is 2.62. The Labute approximate surface area is 144 Å². The number of carbonyl (C=O) groups excluding carboxylic acids is 1. The van der Waals surface area contributed by atoms with E-state index in [4.69, 9.17) is 16.3 Å². The van der Waals surface area contributed by atoms with Crippen molar-refractivity contribution in [3.05, 3.63) is 45.4 Å². The van der Waals surface area contributed by atoms with Crippen LogP contribution in [0.4, 0.5) is 5.13 Å². The van der Waals surface area contributed by atoms with Crippen LogP contribution in [0.5, 0.6) is 0 Å². The van der Waals surface area contributed by atoms with E-state index in [1.165, 1.54) is 11.3 Å². The first kappa shape index (κ1) is 16.4. The van der Waals surface area contributed by atoms with E-state index < -0.39 is 6.10 Å². The second-order valence-electron chi connectivity index (χ2n) is 5.39. The summed E-state index contributed by atoms with van der Waals surface area (Å²) in [7, 11) is 0. The van der Waals surface area contributed by atoms with Gasteiger partial charge in [0.05, 0.1) is 12.3 Å². The van der Waals surface area contributed by atoms with Crippen LogP contribution >= 0.6 is 22.9 Å². The second kappa shape index (κ2) is 7.40. The number of hydrogen-bond acceptors (Lipinski definition) is 5. The Balaban J connectivity index is 1.67. The summed E-state index contributed by atoms with van der Waals surface area (Å²) in [6, 6.07) is 7.77. The van der Waals surface area contributed by atoms with Crippen molar-refractivity contribution in [3.63, 3.8) is 0 Å². The summed E-state index contributed by atoms with van der Waals surface area (Å²) in [5.41, 5.74) is 2.05. The number of ether oxygens (including phenoxy) is 1. The number of nitrogens with zero attached hydrogens (tertiary/aromatic N) is 1. The number of rotatable bonds is 4. The van der Waals surface area contributed by atoms with E-state index in [1.54, 1.807) is 0 Å². The zero-order chi connectivity index (χ0) is 16.2. The third kappa shape index (κ3) is 4.29. The van der Waals surface area contributed by atoms with Gasteiger partial charge in [-0.3, -0.25) is 10.1 Å². The molecule has 1 unspecified atom stereocenters. The van der Waals surface area contributed by atoms with Crippen LogP contribution in [0.2, 0.25) is 5.02 Å². The minimum atomic E-state index is -0.454. The molecule has 1 aliphatic rings. The standard InChI is InChI=1S/C16H18ClN3O2S/c1-10-14(8-11-3-2-4-12(17)7-11)23-16(19-10)20-15(21)13-9-18-5-6-22-13/h2-4,7,13,18H,5-6,8-9H2,1H3,(H,19,20,21). The number of nitrogens with one attached hydrogen (secondary N) is 2. The van der Waals surface area contributed by atoms with Gasteiger partial charge in [0.25, 0.3) is 5.91 Å². The van der Waals surface area contributed by atoms with Crippen molar-refractivity contribution in [1.82, 2.24) is 10.3 Å². The molecule has 1 atom stereocenters. The zero-order valence-corrected chi connectivity index (χ0v) is 14.3. The molecule has 1 aromatic heterocycles. The highest BCUT2D eigenvalue weighted by atomic mass is 35.5. The first-order valence-electron chi connectivity index (χ1n) is 7.46. The largest absolute Gasteiger partial charge is 0.366 e. The Kier molecular flexibility index (Phi) is 5.27. The van der Waals surface area contributed by atoms with Gasteiger partial charge in [-0.05, 0) is 24.6 Å². The average molecular weight is 352 g/mol. The molecule has 5 nitrogen and oxygen atoms in total. The van der Waals surface area contributed by atoms with Gasteiger partial charge in [0.15, 0.2) is 5.13 Å². The van der Waals surface area contributed by atoms with Gasteiger partial charge in [-0.1, -0.05) is 23.7 Å². The van der Waals surface area contributed by atoms with Crippen LogP contribution in [0.3, 0.4) is 0 Å². The summed E-state index contributed by atoms with van der Waals surface area (Å²) in [6.07, 6.45) is 0.297. The molecule has 3 rings (SSSR count). The van der Waals surface area contributed by atoms with Crippen molar-refractivity contribution in [2.75, 3.05) is 25.0 Å². The lowest BCUT2D eigenvalue weighted by atomic mass is 10.1. The summed E-state index contributed by atoms with van der Waals surface area (Å²) < 4.78 is 5.45. The number of aryl methyl sites for hydroxylation is 1. The molecule has 1 saturated heterocycles. The quantitative estimate of drug-likeness (QED) is 0.888. The van der Waals surface area contributed by atoms with Gasteiger partial charge < -0.3 is 10.1 Å². The van der Waals surface area contributed by atoms with Gasteiger partial charge in [-0.15, -0.1) is 11.3 Å². The molecule has 1 aliphatic heterocycles. The third-order valence-electron chi connectivity index (χ3n) is 3.60. The second-order valence-corrected chi connectivity index (χ2v) is 6.91. The molecule has 1 amide bonds. The van der Waals surface area contributed by atoms with E-state index in [2.05, 4.69) is 15.6 Å². The number of thiazole rings is 1. The maximum absolute atomic E-state index is 12.2. The van der Waals surface area contributed by atoms with Crippen LogP contribution in [0.15, 0.2) is 24.3 Å². The van der Waals surface area contributed by atoms with E-state index in [-0.39, 0.29) is 5.91 Å². The molecule has 0 aliphatic carbocycles. The third-order valence-corrected chi connectivity index (χ3v) is 4.90. The fraction of sp³-hybridized carbons (Fsp3) is 0.375. The minimum Gasteiger partial charge on any atom is -0.366 e. The lowest BCUT2D eigenvalue weighted by Gasteiger charge is -2.22. The number of anilines is 1. The summed E-state index contributed by atoms with van der Waals surface area (Å²) in [5.74, 6) is -0.153. The number of morpholine rings is 1. The predicted molar refractivity (Wildman–Crippen MR) is 92.3 cm³/mol. The minimum absolute atomic E-state index is 0.153. The van der Waals surface area contributed by atoms with E-state index in [1.807, 2.05) is 31.2 Å². The van der Waals surface area contributed by atoms with Crippen LogP contribution in [0, 0.1) is 6.92 Å². The molecule has 2 heterocycles. The Hall–Kier alpha value is -1.47. The maximum atomic E-state index is 12.2. The topological polar surface area (TPSA) is 63.2 Å². The lowest BCUT2D eigenvalue weighted by Crippen LogP contribution is -2.45. The number of carbonyl (C=O) groups is 1. The van der Waals surface area contributed by atoms with E-state index in [0.29, 0.717) is 18.3 Å². The van der Waals surface area contributed by atoms with Crippen LogP contribution in [0.1, 0.15) is 16.1 Å². The summed E-state index contributed by atoms with van der Waals surface area (Å²) in [6.45, 7) is 3.81. The smallest absolute Gasteiger partial charge is 0.256 e. The molecule has 2 N–H and O–H groups in total. The van der Waals surface area contributed by atoms with Crippen LogP contribution in [0.25, 0.3) is 0 Å². The van der Waals surface area contributed by atoms with Crippen molar-refractivity contribution >= 4 is 34.0 Å². The van der Waals surface area contributed by atoms with Gasteiger partial charge in [0, 0.05) is 29.4 Å². The molecular formula is C16H18ClN3O2S. The first-order valence-corrected chi connectivity index (χ1v) is 8.65. The molecular weight excluding hydrogens is 334 g/mol. The SMILES string of the molecule is Cc1nc(NC(=O)C2CNCCO2)sc1Cc1cccc(Cl)c1. The fourth-order valence-electron chi connectivity index (χ4n) is 2.40. The van der Waals surface area contributed by atoms with Crippen LogP contribution < -0.4 is 10.6 Å². The molecule has 1 aromatic carbocycles. The van der Waals surface area contributed by atoms with Crippen molar-refractivity contribution in [2.45, 2.75) is 19.4 Å². The molecule has 0 saturated carbocycles. The number of benzene rings is 1. The monoisotopic (exact) mass is 351 g/mol. The maximum Gasteiger partial charge on any atom is 0.256 e. The van der Waals surface area contributed by atoms with Gasteiger partial charge in [-0.2, -0.15) is 0 Å². The van der Waals surface area contributed by atoms with E-state index in [9.17, 15) is 4.79 Å². The van der Waals surface area contributed by atoms with Crippen molar-refractivity contribution in [3.8, 4) is 0 Å². The highest BCUT2D eigenvalue weighted by Gasteiger charge is 2.23. The highest BCUT2D eigenvalue weighted by molar-refractivity contribution is 7.15. The molecule has 23 heavy (non-hydrogen) atoms. The summed E-state index contributed by atoms with van der Waals surface area (Å²) in [4.78, 5) is 17.7. The molecule has 1 fully saturated rings. The number of amides is 1. The Bertz CT molecular complexity index is 698. The average Bonchev–Trinajstić information content (AvgIpc) is 2.87. The van der Waals surface area contributed by atoms with Gasteiger partial charge in [0.2, 0.25) is 0 Å². The molecule has 122 valence electrons. The van der Waals surface area contributed by atoms with Crippen LogP contribution in [-0.2, 0) is 16.0 Å². The molecule has 7 heteroatoms.